The van der Waals surface area contributed by atoms with Crippen molar-refractivity contribution in [2.24, 2.45) is 0 Å². The fraction of sp³-hybridized carbons (Fsp3) is 0.200. The standard InChI is InChI=1S/C20H18FNO3/c1-13(14-6-5-7-16(11-14)25-2)10-15(21)12-22-19(23)17-8-3-4-9-18(17)20(22)24/h3-11,13H,12H2,1-2H3/b15-10+. The fourth-order valence-electron chi connectivity index (χ4n) is 2.88. The number of benzene rings is 2. The minimum absolute atomic E-state index is 0.217. The van der Waals surface area contributed by atoms with Gasteiger partial charge in [-0.25, -0.2) is 4.39 Å². The van der Waals surface area contributed by atoms with Gasteiger partial charge in [-0.1, -0.05) is 31.2 Å². The molecule has 5 heteroatoms. The van der Waals surface area contributed by atoms with Crippen LogP contribution in [0.4, 0.5) is 4.39 Å². The Labute approximate surface area is 145 Å². The molecule has 0 fully saturated rings. The summed E-state index contributed by atoms with van der Waals surface area (Å²) in [5.41, 5.74) is 1.53. The quantitative estimate of drug-likeness (QED) is 0.775. The monoisotopic (exact) mass is 339 g/mol. The number of ether oxygens (including phenoxy) is 1. The number of imide groups is 1. The minimum Gasteiger partial charge on any atom is -0.497 e. The van der Waals surface area contributed by atoms with E-state index < -0.39 is 17.6 Å². The maximum absolute atomic E-state index is 14.4. The van der Waals surface area contributed by atoms with Crippen LogP contribution in [0.5, 0.6) is 5.75 Å². The van der Waals surface area contributed by atoms with Crippen LogP contribution in [-0.2, 0) is 0 Å². The number of fused-ring (bicyclic) bond motifs is 1. The number of carbonyl (C=O) groups excluding carboxylic acids is 2. The molecule has 0 aromatic heterocycles. The van der Waals surface area contributed by atoms with Gasteiger partial charge in [-0.2, -0.15) is 0 Å². The largest absolute Gasteiger partial charge is 0.497 e. The lowest BCUT2D eigenvalue weighted by molar-refractivity contribution is 0.0659. The highest BCUT2D eigenvalue weighted by Crippen LogP contribution is 2.26. The van der Waals surface area contributed by atoms with Crippen molar-refractivity contribution in [1.82, 2.24) is 4.90 Å². The van der Waals surface area contributed by atoms with E-state index in [1.165, 1.54) is 6.08 Å². The molecule has 2 aromatic rings. The van der Waals surface area contributed by atoms with Crippen LogP contribution in [0.15, 0.2) is 60.4 Å². The zero-order chi connectivity index (χ0) is 18.0. The lowest BCUT2D eigenvalue weighted by atomic mass is 10.0. The molecule has 1 atom stereocenters. The summed E-state index contributed by atoms with van der Waals surface area (Å²) in [4.78, 5) is 25.5. The molecule has 1 aliphatic heterocycles. The average Bonchev–Trinajstić information content (AvgIpc) is 2.87. The first-order chi connectivity index (χ1) is 12.0. The van der Waals surface area contributed by atoms with Gasteiger partial charge in [0, 0.05) is 5.92 Å². The second kappa shape index (κ2) is 6.89. The number of nitrogens with zero attached hydrogens (tertiary/aromatic N) is 1. The molecule has 1 aliphatic rings. The van der Waals surface area contributed by atoms with E-state index in [4.69, 9.17) is 4.74 Å². The number of hydrogen-bond donors (Lipinski definition) is 0. The first-order valence-electron chi connectivity index (χ1n) is 7.96. The number of halogens is 1. The van der Waals surface area contributed by atoms with Gasteiger partial charge in [-0.3, -0.25) is 14.5 Å². The van der Waals surface area contributed by atoms with Crippen molar-refractivity contribution < 1.29 is 18.7 Å². The Balaban J connectivity index is 1.76. The van der Waals surface area contributed by atoms with Crippen LogP contribution in [0, 0.1) is 0 Å². The summed E-state index contributed by atoms with van der Waals surface area (Å²) in [7, 11) is 1.57. The minimum atomic E-state index is -0.523. The number of allylic oxidation sites excluding steroid dienone is 1. The van der Waals surface area contributed by atoms with Gasteiger partial charge in [0.05, 0.1) is 24.8 Å². The third-order valence-electron chi connectivity index (χ3n) is 4.24. The molecule has 4 nitrogen and oxygen atoms in total. The van der Waals surface area contributed by atoms with Crippen molar-refractivity contribution in [2.45, 2.75) is 12.8 Å². The van der Waals surface area contributed by atoms with E-state index in [1.54, 1.807) is 31.4 Å². The normalized spacial score (nSPS) is 15.3. The third-order valence-corrected chi connectivity index (χ3v) is 4.24. The van der Waals surface area contributed by atoms with Gasteiger partial charge in [0.15, 0.2) is 0 Å². The highest BCUT2D eigenvalue weighted by molar-refractivity contribution is 6.21. The number of rotatable bonds is 5. The average molecular weight is 339 g/mol. The van der Waals surface area contributed by atoms with Crippen LogP contribution in [0.1, 0.15) is 39.1 Å². The summed E-state index contributed by atoms with van der Waals surface area (Å²) < 4.78 is 19.6. The molecule has 0 radical (unpaired) electrons. The van der Waals surface area contributed by atoms with Gasteiger partial charge in [0.25, 0.3) is 11.8 Å². The lowest BCUT2D eigenvalue weighted by Gasteiger charge is -2.14. The molecular formula is C20H18FNO3. The van der Waals surface area contributed by atoms with E-state index in [2.05, 4.69) is 0 Å². The van der Waals surface area contributed by atoms with Crippen molar-refractivity contribution in [2.75, 3.05) is 13.7 Å². The topological polar surface area (TPSA) is 46.6 Å². The Kier molecular flexibility index (Phi) is 4.65. The van der Waals surface area contributed by atoms with Crippen molar-refractivity contribution in [3.63, 3.8) is 0 Å². The number of carbonyl (C=O) groups is 2. The third kappa shape index (κ3) is 3.31. The summed E-state index contributed by atoms with van der Waals surface area (Å²) >= 11 is 0. The maximum atomic E-state index is 14.4. The second-order valence-electron chi connectivity index (χ2n) is 5.92. The zero-order valence-electron chi connectivity index (χ0n) is 14.0. The summed E-state index contributed by atoms with van der Waals surface area (Å²) in [6, 6.07) is 13.9. The Morgan fingerprint density at radius 2 is 1.76 bits per heavy atom. The molecule has 0 saturated heterocycles. The number of hydrogen-bond acceptors (Lipinski definition) is 3. The summed E-state index contributed by atoms with van der Waals surface area (Å²) in [6.07, 6.45) is 1.42. The molecule has 3 rings (SSSR count). The summed E-state index contributed by atoms with van der Waals surface area (Å²) in [5, 5.41) is 0. The van der Waals surface area contributed by atoms with Gasteiger partial charge in [0.2, 0.25) is 0 Å². The molecule has 0 spiro atoms. The van der Waals surface area contributed by atoms with E-state index in [0.29, 0.717) is 16.9 Å². The smallest absolute Gasteiger partial charge is 0.261 e. The van der Waals surface area contributed by atoms with Gasteiger partial charge in [0.1, 0.15) is 11.6 Å². The predicted molar refractivity (Wildman–Crippen MR) is 92.4 cm³/mol. The number of amides is 2. The Morgan fingerprint density at radius 1 is 1.12 bits per heavy atom. The molecule has 0 N–H and O–H groups in total. The molecule has 1 unspecified atom stereocenters. The zero-order valence-corrected chi connectivity index (χ0v) is 14.0. The number of methoxy groups -OCH3 is 1. The summed E-state index contributed by atoms with van der Waals surface area (Å²) in [6.45, 7) is 1.48. The van der Waals surface area contributed by atoms with E-state index in [0.717, 1.165) is 10.5 Å². The van der Waals surface area contributed by atoms with Gasteiger partial charge < -0.3 is 4.74 Å². The molecule has 2 amide bonds. The van der Waals surface area contributed by atoms with Crippen LogP contribution < -0.4 is 4.74 Å². The highest BCUT2D eigenvalue weighted by Gasteiger charge is 2.35. The fourth-order valence-corrected chi connectivity index (χ4v) is 2.88. The van der Waals surface area contributed by atoms with Crippen LogP contribution in [-0.4, -0.2) is 30.4 Å². The van der Waals surface area contributed by atoms with Gasteiger partial charge in [-0.05, 0) is 35.9 Å². The van der Waals surface area contributed by atoms with Gasteiger partial charge >= 0.3 is 0 Å². The van der Waals surface area contributed by atoms with Crippen LogP contribution in [0.3, 0.4) is 0 Å². The maximum Gasteiger partial charge on any atom is 0.261 e. The van der Waals surface area contributed by atoms with E-state index in [1.807, 2.05) is 31.2 Å². The Hall–Kier alpha value is -2.95. The molecule has 2 aromatic carbocycles. The molecule has 0 aliphatic carbocycles. The summed E-state index contributed by atoms with van der Waals surface area (Å²) in [5.74, 6) is -0.968. The van der Waals surface area contributed by atoms with E-state index >= 15 is 0 Å². The molecular weight excluding hydrogens is 321 g/mol. The molecule has 25 heavy (non-hydrogen) atoms. The van der Waals surface area contributed by atoms with Crippen molar-refractivity contribution in [3.8, 4) is 5.75 Å². The van der Waals surface area contributed by atoms with Crippen LogP contribution >= 0.6 is 0 Å². The van der Waals surface area contributed by atoms with Crippen LogP contribution in [0.25, 0.3) is 0 Å². The highest BCUT2D eigenvalue weighted by atomic mass is 19.1. The van der Waals surface area contributed by atoms with Crippen molar-refractivity contribution in [1.29, 1.82) is 0 Å². The molecule has 128 valence electrons. The first kappa shape index (κ1) is 16.9. The Morgan fingerprint density at radius 3 is 2.36 bits per heavy atom. The molecule has 1 heterocycles. The van der Waals surface area contributed by atoms with Gasteiger partial charge in [-0.15, -0.1) is 0 Å². The lowest BCUT2D eigenvalue weighted by Crippen LogP contribution is -2.31. The first-order valence-corrected chi connectivity index (χ1v) is 7.96. The van der Waals surface area contributed by atoms with Crippen molar-refractivity contribution in [3.05, 3.63) is 77.1 Å². The van der Waals surface area contributed by atoms with Crippen LogP contribution in [0.2, 0.25) is 0 Å². The predicted octanol–water partition coefficient (Wildman–Crippen LogP) is 3.95. The SMILES string of the molecule is COc1cccc(C(C)/C=C(/F)CN2C(=O)c3ccccc3C2=O)c1. The van der Waals surface area contributed by atoms with E-state index in [-0.39, 0.29) is 12.5 Å². The van der Waals surface area contributed by atoms with Crippen molar-refractivity contribution >= 4 is 11.8 Å². The molecule has 0 saturated carbocycles. The van der Waals surface area contributed by atoms with E-state index in [9.17, 15) is 14.0 Å². The Bertz CT molecular complexity index is 825. The molecule has 0 bridgehead atoms. The second-order valence-corrected chi connectivity index (χ2v) is 5.92.